The first-order valence-electron chi connectivity index (χ1n) is 7.26. The first kappa shape index (κ1) is 14.4. The zero-order valence-electron chi connectivity index (χ0n) is 12.2. The molecule has 19 heavy (non-hydrogen) atoms. The van der Waals surface area contributed by atoms with Crippen LogP contribution in [0.15, 0.2) is 24.3 Å². The summed E-state index contributed by atoms with van der Waals surface area (Å²) in [5, 5.41) is 3.42. The highest BCUT2D eigenvalue weighted by Gasteiger charge is 2.29. The third kappa shape index (κ3) is 3.71. The second-order valence-corrected chi connectivity index (χ2v) is 5.32. The minimum atomic E-state index is 0.366. The fraction of sp³-hybridized carbons (Fsp3) is 0.625. The van der Waals surface area contributed by atoms with E-state index in [1.807, 2.05) is 7.05 Å². The van der Waals surface area contributed by atoms with E-state index in [1.54, 1.807) is 0 Å². The Kier molecular flexibility index (Phi) is 5.23. The predicted molar refractivity (Wildman–Crippen MR) is 77.5 cm³/mol. The molecule has 0 aromatic heterocycles. The monoisotopic (exact) mass is 263 g/mol. The van der Waals surface area contributed by atoms with Gasteiger partial charge in [0.1, 0.15) is 5.75 Å². The molecule has 1 aliphatic rings. The molecule has 2 rings (SSSR count). The van der Waals surface area contributed by atoms with Gasteiger partial charge in [-0.2, -0.15) is 0 Å². The predicted octanol–water partition coefficient (Wildman–Crippen LogP) is 3.16. The molecule has 1 aliphatic heterocycles. The van der Waals surface area contributed by atoms with Crippen molar-refractivity contribution < 1.29 is 9.47 Å². The largest absolute Gasteiger partial charge is 0.494 e. The van der Waals surface area contributed by atoms with Crippen molar-refractivity contribution >= 4 is 0 Å². The topological polar surface area (TPSA) is 30.5 Å². The fourth-order valence-corrected chi connectivity index (χ4v) is 2.75. The van der Waals surface area contributed by atoms with Crippen LogP contribution in [-0.2, 0) is 4.74 Å². The van der Waals surface area contributed by atoms with Crippen LogP contribution in [0.2, 0.25) is 0 Å². The van der Waals surface area contributed by atoms with E-state index in [0.29, 0.717) is 18.1 Å². The molecule has 0 radical (unpaired) electrons. The summed E-state index contributed by atoms with van der Waals surface area (Å²) in [5.74, 6) is 1.51. The van der Waals surface area contributed by atoms with Crippen LogP contribution in [0.5, 0.6) is 5.75 Å². The van der Waals surface area contributed by atoms with Crippen LogP contribution >= 0.6 is 0 Å². The average molecular weight is 263 g/mol. The Labute approximate surface area is 116 Å². The Morgan fingerprint density at radius 1 is 1.37 bits per heavy atom. The van der Waals surface area contributed by atoms with Crippen LogP contribution in [0.3, 0.4) is 0 Å². The number of ether oxygens (including phenoxy) is 2. The SMILES string of the molecule is CCCOc1ccc(C(NC)C2COC(C)C2)cc1. The smallest absolute Gasteiger partial charge is 0.119 e. The van der Waals surface area contributed by atoms with Gasteiger partial charge in [-0.25, -0.2) is 0 Å². The number of hydrogen-bond acceptors (Lipinski definition) is 3. The summed E-state index contributed by atoms with van der Waals surface area (Å²) < 4.78 is 11.3. The van der Waals surface area contributed by atoms with E-state index in [0.717, 1.165) is 31.8 Å². The first-order chi connectivity index (χ1) is 9.24. The van der Waals surface area contributed by atoms with Gasteiger partial charge in [-0.15, -0.1) is 0 Å². The van der Waals surface area contributed by atoms with Gasteiger partial charge in [0.05, 0.1) is 19.3 Å². The molecule has 0 amide bonds. The fourth-order valence-electron chi connectivity index (χ4n) is 2.75. The van der Waals surface area contributed by atoms with Gasteiger partial charge in [0.25, 0.3) is 0 Å². The van der Waals surface area contributed by atoms with Crippen molar-refractivity contribution in [3.05, 3.63) is 29.8 Å². The molecule has 106 valence electrons. The molecule has 0 spiro atoms. The lowest BCUT2D eigenvalue weighted by Gasteiger charge is -2.22. The molecule has 0 aliphatic carbocycles. The Balaban J connectivity index is 2.02. The van der Waals surface area contributed by atoms with Crippen LogP contribution in [0, 0.1) is 5.92 Å². The molecule has 3 nitrogen and oxygen atoms in total. The lowest BCUT2D eigenvalue weighted by atomic mass is 9.91. The summed E-state index contributed by atoms with van der Waals surface area (Å²) in [5.41, 5.74) is 1.31. The van der Waals surface area contributed by atoms with E-state index in [-0.39, 0.29) is 0 Å². The Bertz CT molecular complexity index is 377. The maximum absolute atomic E-state index is 5.68. The zero-order valence-corrected chi connectivity index (χ0v) is 12.2. The van der Waals surface area contributed by atoms with Crippen LogP contribution in [0.1, 0.15) is 38.3 Å². The molecular weight excluding hydrogens is 238 g/mol. The van der Waals surface area contributed by atoms with Crippen molar-refractivity contribution in [3.63, 3.8) is 0 Å². The number of benzene rings is 1. The van der Waals surface area contributed by atoms with Crippen molar-refractivity contribution in [2.75, 3.05) is 20.3 Å². The van der Waals surface area contributed by atoms with E-state index in [2.05, 4.69) is 43.4 Å². The van der Waals surface area contributed by atoms with Crippen LogP contribution in [0.25, 0.3) is 0 Å². The van der Waals surface area contributed by atoms with E-state index in [1.165, 1.54) is 5.56 Å². The van der Waals surface area contributed by atoms with Crippen molar-refractivity contribution in [2.45, 2.75) is 38.8 Å². The lowest BCUT2D eigenvalue weighted by Crippen LogP contribution is -2.25. The third-order valence-electron chi connectivity index (χ3n) is 3.72. The van der Waals surface area contributed by atoms with Crippen LogP contribution in [-0.4, -0.2) is 26.4 Å². The number of nitrogens with one attached hydrogen (secondary N) is 1. The van der Waals surface area contributed by atoms with Crippen LogP contribution in [0.4, 0.5) is 0 Å². The molecule has 1 fully saturated rings. The van der Waals surface area contributed by atoms with E-state index < -0.39 is 0 Å². The summed E-state index contributed by atoms with van der Waals surface area (Å²) in [6, 6.07) is 8.82. The molecular formula is C16H25NO2. The molecule has 3 atom stereocenters. The van der Waals surface area contributed by atoms with Crippen molar-refractivity contribution in [2.24, 2.45) is 5.92 Å². The Morgan fingerprint density at radius 3 is 2.63 bits per heavy atom. The number of hydrogen-bond donors (Lipinski definition) is 1. The summed E-state index contributed by atoms with van der Waals surface area (Å²) >= 11 is 0. The molecule has 3 unspecified atom stereocenters. The van der Waals surface area contributed by atoms with Gasteiger partial charge >= 0.3 is 0 Å². The standard InChI is InChI=1S/C16H25NO2/c1-4-9-18-15-7-5-13(6-8-15)16(17-3)14-10-12(2)19-11-14/h5-8,12,14,16-17H,4,9-11H2,1-3H3. The van der Waals surface area contributed by atoms with E-state index in [9.17, 15) is 0 Å². The van der Waals surface area contributed by atoms with Gasteiger partial charge in [0.15, 0.2) is 0 Å². The maximum atomic E-state index is 5.68. The van der Waals surface area contributed by atoms with Crippen molar-refractivity contribution in [1.82, 2.24) is 5.32 Å². The molecule has 1 N–H and O–H groups in total. The summed E-state index contributed by atoms with van der Waals surface area (Å²) in [7, 11) is 2.02. The number of rotatable bonds is 6. The van der Waals surface area contributed by atoms with Gasteiger partial charge in [0.2, 0.25) is 0 Å². The second-order valence-electron chi connectivity index (χ2n) is 5.32. The lowest BCUT2D eigenvalue weighted by molar-refractivity contribution is 0.117. The first-order valence-corrected chi connectivity index (χ1v) is 7.26. The average Bonchev–Trinajstić information content (AvgIpc) is 2.85. The molecule has 1 saturated heterocycles. The van der Waals surface area contributed by atoms with Crippen LogP contribution < -0.4 is 10.1 Å². The van der Waals surface area contributed by atoms with E-state index in [4.69, 9.17) is 9.47 Å². The van der Waals surface area contributed by atoms with Crippen molar-refractivity contribution in [3.8, 4) is 5.75 Å². The van der Waals surface area contributed by atoms with Crippen molar-refractivity contribution in [1.29, 1.82) is 0 Å². The quantitative estimate of drug-likeness (QED) is 0.855. The summed E-state index contributed by atoms with van der Waals surface area (Å²) in [6.07, 6.45) is 2.55. The highest BCUT2D eigenvalue weighted by atomic mass is 16.5. The van der Waals surface area contributed by atoms with Gasteiger partial charge < -0.3 is 14.8 Å². The normalized spacial score (nSPS) is 24.4. The van der Waals surface area contributed by atoms with Gasteiger partial charge in [-0.05, 0) is 44.5 Å². The second kappa shape index (κ2) is 6.92. The zero-order chi connectivity index (χ0) is 13.7. The highest BCUT2D eigenvalue weighted by molar-refractivity contribution is 5.29. The minimum Gasteiger partial charge on any atom is -0.494 e. The molecule has 0 saturated carbocycles. The molecule has 1 aromatic carbocycles. The molecule has 1 aromatic rings. The minimum absolute atomic E-state index is 0.366. The molecule has 3 heteroatoms. The van der Waals surface area contributed by atoms with Gasteiger partial charge in [-0.3, -0.25) is 0 Å². The Morgan fingerprint density at radius 2 is 2.11 bits per heavy atom. The molecule has 1 heterocycles. The summed E-state index contributed by atoms with van der Waals surface area (Å²) in [6.45, 7) is 5.89. The Hall–Kier alpha value is -1.06. The van der Waals surface area contributed by atoms with Gasteiger partial charge in [-0.1, -0.05) is 19.1 Å². The van der Waals surface area contributed by atoms with E-state index >= 15 is 0 Å². The maximum Gasteiger partial charge on any atom is 0.119 e. The third-order valence-corrected chi connectivity index (χ3v) is 3.72. The van der Waals surface area contributed by atoms with Gasteiger partial charge in [0, 0.05) is 12.0 Å². The highest BCUT2D eigenvalue weighted by Crippen LogP contribution is 2.32. The molecule has 0 bridgehead atoms. The summed E-state index contributed by atoms with van der Waals surface area (Å²) in [4.78, 5) is 0.